The van der Waals surface area contributed by atoms with E-state index in [1.54, 1.807) is 0 Å². The van der Waals surface area contributed by atoms with Gasteiger partial charge in [-0.25, -0.2) is 0 Å². The zero-order valence-corrected chi connectivity index (χ0v) is 5.89. The predicted molar refractivity (Wildman–Crippen MR) is 34.0 cm³/mol. The maximum Gasteiger partial charge on any atom is 0.309 e. The molecule has 0 aromatic heterocycles. The fourth-order valence-electron chi connectivity index (χ4n) is 1.17. The molecule has 0 aliphatic carbocycles. The molecule has 2 unspecified atom stereocenters. The third-order valence-electron chi connectivity index (χ3n) is 1.76. The molecule has 0 aromatic carbocycles. The summed E-state index contributed by atoms with van der Waals surface area (Å²) in [6.07, 6.45) is 1.99. The summed E-state index contributed by atoms with van der Waals surface area (Å²) in [5.74, 6) is 0.171. The zero-order valence-electron chi connectivity index (χ0n) is 5.89. The third-order valence-corrected chi connectivity index (χ3v) is 1.76. The lowest BCUT2D eigenvalue weighted by atomic mass is 10.0. The maximum atomic E-state index is 10.8. The van der Waals surface area contributed by atoms with Gasteiger partial charge in [0, 0.05) is 0 Å². The zero-order chi connectivity index (χ0) is 6.85. The van der Waals surface area contributed by atoms with Crippen LogP contribution in [0.25, 0.3) is 0 Å². The predicted octanol–water partition coefficient (Wildman–Crippen LogP) is 1.35. The Hall–Kier alpha value is -0.530. The van der Waals surface area contributed by atoms with Crippen molar-refractivity contribution in [1.82, 2.24) is 0 Å². The van der Waals surface area contributed by atoms with Gasteiger partial charge in [-0.1, -0.05) is 6.92 Å². The van der Waals surface area contributed by atoms with Crippen LogP contribution in [0.1, 0.15) is 26.7 Å². The summed E-state index contributed by atoms with van der Waals surface area (Å²) in [6.45, 7) is 3.96. The van der Waals surface area contributed by atoms with Crippen molar-refractivity contribution in [3.8, 4) is 0 Å². The molecule has 0 aromatic rings. The number of rotatable bonds is 1. The van der Waals surface area contributed by atoms with Crippen LogP contribution in [-0.4, -0.2) is 12.1 Å². The Morgan fingerprint density at radius 3 is 2.67 bits per heavy atom. The van der Waals surface area contributed by atoms with Gasteiger partial charge in [-0.15, -0.1) is 0 Å². The number of esters is 1. The van der Waals surface area contributed by atoms with Crippen LogP contribution in [0.2, 0.25) is 0 Å². The van der Waals surface area contributed by atoms with Crippen LogP contribution >= 0.6 is 0 Å². The fourth-order valence-corrected chi connectivity index (χ4v) is 1.17. The SMILES string of the molecule is CCC1CC(C)OC1=O. The van der Waals surface area contributed by atoms with Crippen LogP contribution in [-0.2, 0) is 9.53 Å². The molecule has 2 nitrogen and oxygen atoms in total. The number of cyclic esters (lactones) is 1. The molecule has 0 radical (unpaired) electrons. The average molecular weight is 128 g/mol. The molecule has 2 atom stereocenters. The van der Waals surface area contributed by atoms with Crippen molar-refractivity contribution in [2.24, 2.45) is 5.92 Å². The number of hydrogen-bond donors (Lipinski definition) is 0. The highest BCUT2D eigenvalue weighted by Crippen LogP contribution is 2.22. The van der Waals surface area contributed by atoms with Crippen molar-refractivity contribution >= 4 is 5.97 Å². The van der Waals surface area contributed by atoms with Crippen molar-refractivity contribution in [3.63, 3.8) is 0 Å². The molecular weight excluding hydrogens is 116 g/mol. The summed E-state index contributed by atoms with van der Waals surface area (Å²) in [4.78, 5) is 10.8. The molecule has 1 saturated heterocycles. The highest BCUT2D eigenvalue weighted by Gasteiger charge is 2.29. The van der Waals surface area contributed by atoms with Gasteiger partial charge in [-0.2, -0.15) is 0 Å². The first-order valence-electron chi connectivity index (χ1n) is 3.44. The first-order valence-corrected chi connectivity index (χ1v) is 3.44. The minimum Gasteiger partial charge on any atom is -0.462 e. The van der Waals surface area contributed by atoms with Crippen molar-refractivity contribution in [3.05, 3.63) is 0 Å². The second-order valence-corrected chi connectivity index (χ2v) is 2.59. The Bertz CT molecular complexity index is 120. The second kappa shape index (κ2) is 2.38. The number of hydrogen-bond acceptors (Lipinski definition) is 2. The molecule has 1 aliphatic rings. The van der Waals surface area contributed by atoms with Gasteiger partial charge in [-0.05, 0) is 19.8 Å². The van der Waals surface area contributed by atoms with Crippen LogP contribution in [0.5, 0.6) is 0 Å². The van der Waals surface area contributed by atoms with Gasteiger partial charge >= 0.3 is 5.97 Å². The molecule has 1 heterocycles. The van der Waals surface area contributed by atoms with E-state index in [0.717, 1.165) is 12.8 Å². The monoisotopic (exact) mass is 128 g/mol. The highest BCUT2D eigenvalue weighted by molar-refractivity contribution is 5.74. The fraction of sp³-hybridized carbons (Fsp3) is 0.857. The molecule has 1 aliphatic heterocycles. The summed E-state index contributed by atoms with van der Waals surface area (Å²) < 4.78 is 4.93. The second-order valence-electron chi connectivity index (χ2n) is 2.59. The highest BCUT2D eigenvalue weighted by atomic mass is 16.5. The standard InChI is InChI=1S/C7H12O2/c1-3-6-4-5(2)9-7(6)8/h5-6H,3-4H2,1-2H3. The number of carbonyl (C=O) groups is 1. The smallest absolute Gasteiger partial charge is 0.309 e. The van der Waals surface area contributed by atoms with E-state index in [0.29, 0.717) is 0 Å². The molecule has 0 N–H and O–H groups in total. The molecule has 0 spiro atoms. The van der Waals surface area contributed by atoms with Gasteiger partial charge in [0.05, 0.1) is 12.0 Å². The molecule has 9 heavy (non-hydrogen) atoms. The van der Waals surface area contributed by atoms with E-state index in [-0.39, 0.29) is 18.0 Å². The Morgan fingerprint density at radius 2 is 2.44 bits per heavy atom. The third kappa shape index (κ3) is 1.23. The molecule has 2 heteroatoms. The van der Waals surface area contributed by atoms with Gasteiger partial charge < -0.3 is 4.74 Å². The van der Waals surface area contributed by atoms with Crippen LogP contribution in [0.3, 0.4) is 0 Å². The normalized spacial score (nSPS) is 34.7. The van der Waals surface area contributed by atoms with Crippen LogP contribution in [0.15, 0.2) is 0 Å². The van der Waals surface area contributed by atoms with E-state index in [1.165, 1.54) is 0 Å². The molecule has 0 bridgehead atoms. The van der Waals surface area contributed by atoms with E-state index < -0.39 is 0 Å². The lowest BCUT2D eigenvalue weighted by Crippen LogP contribution is -2.05. The minimum absolute atomic E-state index is 0.00926. The van der Waals surface area contributed by atoms with E-state index in [9.17, 15) is 4.79 Å². The first kappa shape index (κ1) is 6.59. The van der Waals surface area contributed by atoms with Crippen molar-refractivity contribution in [1.29, 1.82) is 0 Å². The lowest BCUT2D eigenvalue weighted by Gasteiger charge is -1.95. The van der Waals surface area contributed by atoms with Crippen LogP contribution < -0.4 is 0 Å². The van der Waals surface area contributed by atoms with Crippen molar-refractivity contribution in [2.75, 3.05) is 0 Å². The van der Waals surface area contributed by atoms with Crippen molar-refractivity contribution < 1.29 is 9.53 Å². The Morgan fingerprint density at radius 1 is 1.78 bits per heavy atom. The van der Waals surface area contributed by atoms with Gasteiger partial charge in [-0.3, -0.25) is 4.79 Å². The number of carbonyl (C=O) groups excluding carboxylic acids is 1. The molecule has 0 saturated carbocycles. The van der Waals surface area contributed by atoms with Gasteiger partial charge in [0.1, 0.15) is 0 Å². The maximum absolute atomic E-state index is 10.8. The van der Waals surface area contributed by atoms with Gasteiger partial charge in [0.15, 0.2) is 0 Å². The molecule has 52 valence electrons. The van der Waals surface area contributed by atoms with E-state index in [1.807, 2.05) is 13.8 Å². The summed E-state index contributed by atoms with van der Waals surface area (Å²) in [7, 11) is 0. The molecule has 0 amide bonds. The molecule has 1 rings (SSSR count). The van der Waals surface area contributed by atoms with Crippen LogP contribution in [0, 0.1) is 5.92 Å². The Balaban J connectivity index is 2.48. The Kier molecular flexibility index (Phi) is 1.74. The quantitative estimate of drug-likeness (QED) is 0.498. The van der Waals surface area contributed by atoms with Crippen LogP contribution in [0.4, 0.5) is 0 Å². The lowest BCUT2D eigenvalue weighted by molar-refractivity contribution is -0.143. The van der Waals surface area contributed by atoms with E-state index >= 15 is 0 Å². The van der Waals surface area contributed by atoms with E-state index in [2.05, 4.69) is 0 Å². The summed E-state index contributed by atoms with van der Waals surface area (Å²) in [5, 5.41) is 0. The minimum atomic E-state index is -0.00926. The summed E-state index contributed by atoms with van der Waals surface area (Å²) in [6, 6.07) is 0. The van der Waals surface area contributed by atoms with Gasteiger partial charge in [0.2, 0.25) is 0 Å². The largest absolute Gasteiger partial charge is 0.462 e. The Labute approximate surface area is 55.2 Å². The molecule has 1 fully saturated rings. The average Bonchev–Trinajstić information content (AvgIpc) is 2.10. The van der Waals surface area contributed by atoms with Crippen molar-refractivity contribution in [2.45, 2.75) is 32.8 Å². The van der Waals surface area contributed by atoms with E-state index in [4.69, 9.17) is 4.74 Å². The number of ether oxygens (including phenoxy) is 1. The summed E-state index contributed by atoms with van der Waals surface area (Å²) in [5.41, 5.74) is 0. The van der Waals surface area contributed by atoms with Gasteiger partial charge in [0.25, 0.3) is 0 Å². The summed E-state index contributed by atoms with van der Waals surface area (Å²) >= 11 is 0. The first-order chi connectivity index (χ1) is 4.24. The molecular formula is C7H12O2. The topological polar surface area (TPSA) is 26.3 Å².